The number of hydrogen-bond acceptors (Lipinski definition) is 2. The zero-order valence-corrected chi connectivity index (χ0v) is 13.3. The lowest BCUT2D eigenvalue weighted by molar-refractivity contribution is -0.535. The topological polar surface area (TPSA) is 40.1 Å². The molecule has 114 valence electrons. The molecular weight excluding hydrogens is 408 g/mol. The van der Waals surface area contributed by atoms with E-state index < -0.39 is 12.1 Å². The fraction of sp³-hybridized carbons (Fsp3) is 0.0625. The Morgan fingerprint density at radius 1 is 0.955 bits per heavy atom. The van der Waals surface area contributed by atoms with E-state index in [0.29, 0.717) is 0 Å². The van der Waals surface area contributed by atoms with Crippen LogP contribution in [0.3, 0.4) is 0 Å². The van der Waals surface area contributed by atoms with Crippen molar-refractivity contribution in [3.05, 3.63) is 69.8 Å². The molecule has 0 aromatic heterocycles. The Morgan fingerprint density at radius 3 is 1.86 bits per heavy atom. The Hall–Kier alpha value is -2.01. The highest BCUT2D eigenvalue weighted by Crippen LogP contribution is 2.11. The Morgan fingerprint density at radius 2 is 1.41 bits per heavy atom. The number of halogens is 4. The number of rotatable bonds is 1. The summed E-state index contributed by atoms with van der Waals surface area (Å²) in [6.45, 7) is 0. The van der Waals surface area contributed by atoms with Crippen LogP contribution < -0.4 is 26.3 Å². The highest BCUT2D eigenvalue weighted by atomic mass is 127. The third kappa shape index (κ3) is 7.69. The van der Waals surface area contributed by atoms with Crippen molar-refractivity contribution < 1.29 is 44.3 Å². The lowest BCUT2D eigenvalue weighted by Gasteiger charge is -2.03. The number of carbonyl (C=O) groups excluding carboxylic acids is 1. The Bertz CT molecular complexity index is 644. The predicted molar refractivity (Wildman–Crippen MR) is 69.5 cm³/mol. The van der Waals surface area contributed by atoms with Crippen molar-refractivity contribution in [2.24, 2.45) is 0 Å². The average Bonchev–Trinajstić information content (AvgIpc) is 2.49. The molecule has 0 aliphatic carbocycles. The van der Waals surface area contributed by atoms with Gasteiger partial charge in [-0.05, 0) is 30.2 Å². The van der Waals surface area contributed by atoms with Crippen molar-refractivity contribution in [2.45, 2.75) is 6.18 Å². The summed E-state index contributed by atoms with van der Waals surface area (Å²) in [5.74, 6) is 0.185. The molecule has 0 radical (unpaired) electrons. The van der Waals surface area contributed by atoms with Gasteiger partial charge in [-0.25, -0.2) is 0 Å². The molecule has 0 saturated carbocycles. The fourth-order valence-electron chi connectivity index (χ4n) is 1.13. The van der Waals surface area contributed by atoms with Crippen LogP contribution in [0.1, 0.15) is 5.56 Å². The molecule has 22 heavy (non-hydrogen) atoms. The minimum atomic E-state index is -5.19. The second-order valence-electron chi connectivity index (χ2n) is 3.76. The summed E-state index contributed by atoms with van der Waals surface area (Å²) in [6, 6.07) is 20.6. The molecule has 0 fully saturated rings. The van der Waals surface area contributed by atoms with Crippen molar-refractivity contribution in [1.29, 1.82) is 0 Å². The molecule has 0 bridgehead atoms. The number of aliphatic carboxylic acids is 1. The van der Waals surface area contributed by atoms with Gasteiger partial charge in [0, 0.05) is 5.56 Å². The molecule has 0 saturated heterocycles. The van der Waals surface area contributed by atoms with Crippen LogP contribution in [-0.4, -0.2) is 12.1 Å². The Labute approximate surface area is 136 Å². The first-order valence-electron chi connectivity index (χ1n) is 5.92. The first-order valence-corrected chi connectivity index (χ1v) is 8.08. The third-order valence-electron chi connectivity index (χ3n) is 2.09. The molecule has 0 aliphatic rings. The van der Waals surface area contributed by atoms with Gasteiger partial charge in [-0.3, -0.25) is 0 Å². The van der Waals surface area contributed by atoms with Gasteiger partial charge >= 0.3 is 27.4 Å². The van der Waals surface area contributed by atoms with Crippen molar-refractivity contribution in [1.82, 2.24) is 0 Å². The molecule has 0 N–H and O–H groups in total. The first-order chi connectivity index (χ1) is 10.4. The van der Waals surface area contributed by atoms with E-state index >= 15 is 0 Å². The molecule has 0 amide bonds. The molecule has 0 aliphatic heterocycles. The summed E-state index contributed by atoms with van der Waals surface area (Å²) < 4.78 is 36.2. The number of carbonyl (C=O) groups is 1. The SMILES string of the molecule is C(#Cc1ccccc1)[I+]c1ccccc1.O=C([O-])C(F)(F)F. The fourth-order valence-corrected chi connectivity index (χ4v) is 2.66. The minimum absolute atomic E-state index is 0.160. The summed E-state index contributed by atoms with van der Waals surface area (Å²) in [7, 11) is 0. The molecule has 0 heterocycles. The Balaban J connectivity index is 0.000000295. The zero-order chi connectivity index (χ0) is 16.4. The predicted octanol–water partition coefficient (Wildman–Crippen LogP) is -0.747. The van der Waals surface area contributed by atoms with Crippen LogP contribution >= 0.6 is 0 Å². The van der Waals surface area contributed by atoms with Gasteiger partial charge in [0.25, 0.3) is 0 Å². The van der Waals surface area contributed by atoms with E-state index in [0.717, 1.165) is 5.56 Å². The lowest BCUT2D eigenvalue weighted by Crippen LogP contribution is -3.59. The summed E-state index contributed by atoms with van der Waals surface area (Å²) in [4.78, 5) is 8.78. The van der Waals surface area contributed by atoms with Crippen molar-refractivity contribution in [3.63, 3.8) is 0 Å². The molecular formula is C16H10F3IO2. The van der Waals surface area contributed by atoms with Gasteiger partial charge in [0.15, 0.2) is 3.93 Å². The summed E-state index contributed by atoms with van der Waals surface area (Å²) in [5, 5.41) is 8.78. The monoisotopic (exact) mass is 418 g/mol. The van der Waals surface area contributed by atoms with Crippen LogP contribution in [0.2, 0.25) is 0 Å². The molecule has 0 unspecified atom stereocenters. The van der Waals surface area contributed by atoms with Gasteiger partial charge in [-0.2, -0.15) is 13.2 Å². The molecule has 2 rings (SSSR count). The smallest absolute Gasteiger partial charge is 0.430 e. The lowest BCUT2D eigenvalue weighted by atomic mass is 10.2. The van der Waals surface area contributed by atoms with Gasteiger partial charge in [0.1, 0.15) is 5.97 Å². The maximum atomic E-state index is 10.5. The molecule has 0 spiro atoms. The van der Waals surface area contributed by atoms with E-state index in [2.05, 4.69) is 34.1 Å². The van der Waals surface area contributed by atoms with Gasteiger partial charge < -0.3 is 9.90 Å². The van der Waals surface area contributed by atoms with Crippen LogP contribution in [0.25, 0.3) is 0 Å². The normalized spacial score (nSPS) is 9.77. The number of carboxylic acid groups (broad SMARTS) is 1. The van der Waals surface area contributed by atoms with Crippen LogP contribution in [0.5, 0.6) is 0 Å². The maximum absolute atomic E-state index is 10.5. The second kappa shape index (κ2) is 9.10. The molecule has 2 aromatic rings. The largest absolute Gasteiger partial charge is 0.542 e. The third-order valence-corrected chi connectivity index (χ3v) is 3.97. The van der Waals surface area contributed by atoms with E-state index in [-0.39, 0.29) is 21.2 Å². The first kappa shape index (κ1) is 18.0. The van der Waals surface area contributed by atoms with Crippen LogP contribution in [0.15, 0.2) is 60.7 Å². The number of benzene rings is 2. The van der Waals surface area contributed by atoms with E-state index in [1.807, 2.05) is 36.4 Å². The summed E-state index contributed by atoms with van der Waals surface area (Å²) in [5.41, 5.74) is 1.10. The quantitative estimate of drug-likeness (QED) is 0.452. The standard InChI is InChI=1S/C14H10I.C2HF3O2/c1-3-7-13(8-4-1)11-12-15-14-9-5-2-6-10-14;3-2(4,5)1(6)7/h1-10H;(H,6,7)/q+1;/p-1. The average molecular weight is 418 g/mol. The summed E-state index contributed by atoms with van der Waals surface area (Å²) in [6.07, 6.45) is -5.19. The van der Waals surface area contributed by atoms with Gasteiger partial charge in [-0.1, -0.05) is 36.4 Å². The second-order valence-corrected chi connectivity index (χ2v) is 6.09. The maximum Gasteiger partial charge on any atom is 0.430 e. The van der Waals surface area contributed by atoms with Crippen LogP contribution in [0, 0.1) is 13.4 Å². The van der Waals surface area contributed by atoms with Gasteiger partial charge in [-0.15, -0.1) is 0 Å². The van der Waals surface area contributed by atoms with Crippen molar-refractivity contribution in [3.8, 4) is 9.85 Å². The highest BCUT2D eigenvalue weighted by molar-refractivity contribution is 5.70. The van der Waals surface area contributed by atoms with Gasteiger partial charge in [0.2, 0.25) is 3.57 Å². The Kier molecular flexibility index (Phi) is 7.46. The van der Waals surface area contributed by atoms with Crippen molar-refractivity contribution in [2.75, 3.05) is 0 Å². The zero-order valence-electron chi connectivity index (χ0n) is 11.1. The minimum Gasteiger partial charge on any atom is -0.542 e. The molecule has 2 aromatic carbocycles. The highest BCUT2D eigenvalue weighted by Gasteiger charge is 2.28. The van der Waals surface area contributed by atoms with E-state index in [9.17, 15) is 13.2 Å². The molecule has 0 atom stereocenters. The van der Waals surface area contributed by atoms with Crippen molar-refractivity contribution >= 4 is 5.97 Å². The van der Waals surface area contributed by atoms with E-state index in [4.69, 9.17) is 9.90 Å². The number of carboxylic acids is 1. The molecule has 2 nitrogen and oxygen atoms in total. The van der Waals surface area contributed by atoms with Crippen LogP contribution in [-0.2, 0) is 4.79 Å². The number of hydrogen-bond donors (Lipinski definition) is 0. The van der Waals surface area contributed by atoms with Crippen LogP contribution in [0.4, 0.5) is 13.2 Å². The number of alkyl halides is 3. The molecule has 6 heteroatoms. The van der Waals surface area contributed by atoms with E-state index in [1.165, 1.54) is 3.57 Å². The summed E-state index contributed by atoms with van der Waals surface area (Å²) >= 11 is -0.160. The van der Waals surface area contributed by atoms with Gasteiger partial charge in [0.05, 0.1) is 0 Å². The van der Waals surface area contributed by atoms with E-state index in [1.54, 1.807) is 0 Å².